The van der Waals surface area contributed by atoms with Crippen molar-refractivity contribution in [1.82, 2.24) is 10.2 Å². The number of hydrogen-bond donors (Lipinski definition) is 3. The minimum Gasteiger partial charge on any atom is -0.394 e. The number of likely N-dealkylation sites (tertiary alicyclic amines) is 1. The van der Waals surface area contributed by atoms with E-state index in [1.807, 2.05) is 13.8 Å². The van der Waals surface area contributed by atoms with Gasteiger partial charge in [-0.05, 0) is 50.5 Å². The van der Waals surface area contributed by atoms with Gasteiger partial charge in [0.1, 0.15) is 11.6 Å². The molecule has 1 spiro atoms. The van der Waals surface area contributed by atoms with Gasteiger partial charge in [0.25, 0.3) is 0 Å². The summed E-state index contributed by atoms with van der Waals surface area (Å²) in [5, 5.41) is 15.9. The van der Waals surface area contributed by atoms with Crippen LogP contribution in [0.3, 0.4) is 0 Å². The molecular formula is C22H28ClN3O5. The molecule has 2 bridgehead atoms. The lowest BCUT2D eigenvalue weighted by Crippen LogP contribution is -2.56. The van der Waals surface area contributed by atoms with Crippen LogP contribution in [0.2, 0.25) is 5.02 Å². The number of rotatable bonds is 5. The Hall–Kier alpha value is -2.16. The molecule has 3 heterocycles. The van der Waals surface area contributed by atoms with E-state index in [9.17, 15) is 19.5 Å². The molecule has 0 aliphatic carbocycles. The lowest BCUT2D eigenvalue weighted by molar-refractivity contribution is -0.148. The van der Waals surface area contributed by atoms with Crippen LogP contribution in [0, 0.1) is 17.8 Å². The fourth-order valence-corrected chi connectivity index (χ4v) is 5.96. The van der Waals surface area contributed by atoms with E-state index in [1.54, 1.807) is 31.2 Å². The van der Waals surface area contributed by atoms with Crippen molar-refractivity contribution in [2.45, 2.75) is 50.5 Å². The molecule has 0 aromatic heterocycles. The quantitative estimate of drug-likeness (QED) is 0.630. The van der Waals surface area contributed by atoms with E-state index in [0.717, 1.165) is 0 Å². The number of fused-ring (bicyclic) bond motifs is 1. The second-order valence-electron chi connectivity index (χ2n) is 9.09. The maximum absolute atomic E-state index is 13.6. The highest BCUT2D eigenvalue weighted by molar-refractivity contribution is 6.30. The summed E-state index contributed by atoms with van der Waals surface area (Å²) >= 11 is 5.94. The summed E-state index contributed by atoms with van der Waals surface area (Å²) in [5.41, 5.74) is -1.45. The first-order chi connectivity index (χ1) is 14.6. The van der Waals surface area contributed by atoms with Crippen LogP contribution in [0.5, 0.6) is 0 Å². The molecule has 0 saturated carbocycles. The molecule has 1 aromatic carbocycles. The molecule has 31 heavy (non-hydrogen) atoms. The van der Waals surface area contributed by atoms with Gasteiger partial charge in [0, 0.05) is 17.8 Å². The average Bonchev–Trinajstić information content (AvgIpc) is 3.25. The molecule has 7 atom stereocenters. The Morgan fingerprint density at radius 3 is 2.55 bits per heavy atom. The summed E-state index contributed by atoms with van der Waals surface area (Å²) in [7, 11) is 1.54. The van der Waals surface area contributed by atoms with Crippen molar-refractivity contribution >= 4 is 35.0 Å². The molecule has 3 unspecified atom stereocenters. The number of ether oxygens (including phenoxy) is 1. The molecule has 0 radical (unpaired) electrons. The molecule has 3 fully saturated rings. The van der Waals surface area contributed by atoms with E-state index in [0.29, 0.717) is 17.1 Å². The maximum atomic E-state index is 13.6. The molecule has 3 N–H and O–H groups in total. The standard InChI is InChI=1S/C22H28ClN3O5/c1-11-9-22-16(15(18(28)24-4)21(11,3)31-22)20(30)26(12(2)10-27)17(22)19(29)25-14-7-5-13(23)6-8-14/h5-8,11-12,15-17,27H,9-10H2,1-4H3,(H,24,28)(H,25,29)/t11?,12-,15-,16+,17?,21+,22?/m1/s1. The second-order valence-corrected chi connectivity index (χ2v) is 9.53. The van der Waals surface area contributed by atoms with E-state index in [2.05, 4.69) is 10.6 Å². The Balaban J connectivity index is 1.79. The van der Waals surface area contributed by atoms with Crippen LogP contribution < -0.4 is 10.6 Å². The Morgan fingerprint density at radius 2 is 1.97 bits per heavy atom. The minimum atomic E-state index is -1.14. The normalized spacial score (nSPS) is 37.0. The van der Waals surface area contributed by atoms with Gasteiger partial charge in [0.2, 0.25) is 17.7 Å². The minimum absolute atomic E-state index is 0.0333. The predicted molar refractivity (Wildman–Crippen MR) is 114 cm³/mol. The van der Waals surface area contributed by atoms with Crippen LogP contribution in [-0.2, 0) is 19.1 Å². The van der Waals surface area contributed by atoms with Crippen molar-refractivity contribution in [2.75, 3.05) is 19.0 Å². The monoisotopic (exact) mass is 449 g/mol. The maximum Gasteiger partial charge on any atom is 0.250 e. The number of aliphatic hydroxyl groups is 1. The number of halogens is 1. The van der Waals surface area contributed by atoms with E-state index in [4.69, 9.17) is 16.3 Å². The Labute approximate surface area is 186 Å². The topological polar surface area (TPSA) is 108 Å². The van der Waals surface area contributed by atoms with Crippen molar-refractivity contribution in [2.24, 2.45) is 17.8 Å². The fraction of sp³-hybridized carbons (Fsp3) is 0.591. The third kappa shape index (κ3) is 2.99. The summed E-state index contributed by atoms with van der Waals surface area (Å²) in [5.74, 6) is -2.55. The third-order valence-corrected chi connectivity index (χ3v) is 7.63. The third-order valence-electron chi connectivity index (χ3n) is 7.38. The molecule has 168 valence electrons. The molecule has 1 aromatic rings. The van der Waals surface area contributed by atoms with Crippen LogP contribution in [-0.4, -0.2) is 64.7 Å². The first-order valence-corrected chi connectivity index (χ1v) is 10.9. The van der Waals surface area contributed by atoms with Gasteiger partial charge >= 0.3 is 0 Å². The van der Waals surface area contributed by atoms with Crippen LogP contribution in [0.25, 0.3) is 0 Å². The summed E-state index contributed by atoms with van der Waals surface area (Å²) < 4.78 is 6.52. The van der Waals surface area contributed by atoms with Crippen molar-refractivity contribution in [1.29, 1.82) is 0 Å². The van der Waals surface area contributed by atoms with Crippen LogP contribution in [0.1, 0.15) is 27.2 Å². The SMILES string of the molecule is CNC(=O)[C@H]1[C@H]2C(=O)N([C@H](C)CO)C(C(=O)Nc3ccc(Cl)cc3)C23CC(C)[C@]1(C)O3. The smallest absolute Gasteiger partial charge is 0.250 e. The van der Waals surface area contributed by atoms with Gasteiger partial charge in [-0.2, -0.15) is 0 Å². The highest BCUT2D eigenvalue weighted by atomic mass is 35.5. The van der Waals surface area contributed by atoms with Crippen molar-refractivity contribution in [3.63, 3.8) is 0 Å². The average molecular weight is 450 g/mol. The fourth-order valence-electron chi connectivity index (χ4n) is 5.84. The van der Waals surface area contributed by atoms with E-state index < -0.39 is 41.0 Å². The number of anilines is 1. The summed E-state index contributed by atoms with van der Waals surface area (Å²) in [6.45, 7) is 5.21. The van der Waals surface area contributed by atoms with Gasteiger partial charge in [-0.1, -0.05) is 18.5 Å². The molecule has 3 saturated heterocycles. The largest absolute Gasteiger partial charge is 0.394 e. The molecule has 9 heteroatoms. The Morgan fingerprint density at radius 1 is 1.32 bits per heavy atom. The number of aliphatic hydroxyl groups excluding tert-OH is 1. The molecule has 4 rings (SSSR count). The second kappa shape index (κ2) is 7.46. The number of amides is 3. The van der Waals surface area contributed by atoms with Crippen LogP contribution >= 0.6 is 11.6 Å². The lowest BCUT2D eigenvalue weighted by atomic mass is 9.62. The summed E-state index contributed by atoms with van der Waals surface area (Å²) in [4.78, 5) is 41.4. The number of nitrogens with zero attached hydrogens (tertiary/aromatic N) is 1. The van der Waals surface area contributed by atoms with Gasteiger partial charge in [0.05, 0.1) is 30.1 Å². The van der Waals surface area contributed by atoms with Crippen molar-refractivity contribution in [3.8, 4) is 0 Å². The first kappa shape index (κ1) is 22.0. The molecule has 3 amide bonds. The lowest BCUT2D eigenvalue weighted by Gasteiger charge is -2.36. The van der Waals surface area contributed by atoms with E-state index >= 15 is 0 Å². The van der Waals surface area contributed by atoms with Crippen LogP contribution in [0.4, 0.5) is 5.69 Å². The highest BCUT2D eigenvalue weighted by Gasteiger charge is 2.80. The van der Waals surface area contributed by atoms with Gasteiger partial charge in [-0.3, -0.25) is 14.4 Å². The Kier molecular flexibility index (Phi) is 5.31. The number of carbonyl (C=O) groups is 3. The van der Waals surface area contributed by atoms with Gasteiger partial charge < -0.3 is 25.4 Å². The van der Waals surface area contributed by atoms with Gasteiger partial charge in [-0.15, -0.1) is 0 Å². The number of nitrogens with one attached hydrogen (secondary N) is 2. The molecule has 8 nitrogen and oxygen atoms in total. The highest BCUT2D eigenvalue weighted by Crippen LogP contribution is 2.65. The van der Waals surface area contributed by atoms with Crippen LogP contribution in [0.15, 0.2) is 24.3 Å². The van der Waals surface area contributed by atoms with Gasteiger partial charge in [0.15, 0.2) is 0 Å². The number of benzene rings is 1. The van der Waals surface area contributed by atoms with E-state index in [-0.39, 0.29) is 24.3 Å². The Bertz CT molecular complexity index is 924. The zero-order valence-corrected chi connectivity index (χ0v) is 18.8. The number of carbonyl (C=O) groups excluding carboxylic acids is 3. The molecular weight excluding hydrogens is 422 g/mol. The molecule has 3 aliphatic heterocycles. The van der Waals surface area contributed by atoms with E-state index in [1.165, 1.54) is 11.9 Å². The zero-order valence-electron chi connectivity index (χ0n) is 18.0. The zero-order chi connectivity index (χ0) is 22.7. The summed E-state index contributed by atoms with van der Waals surface area (Å²) in [6, 6.07) is 5.10. The van der Waals surface area contributed by atoms with Crippen molar-refractivity contribution in [3.05, 3.63) is 29.3 Å². The van der Waals surface area contributed by atoms with Crippen molar-refractivity contribution < 1.29 is 24.2 Å². The van der Waals surface area contributed by atoms with Gasteiger partial charge in [-0.25, -0.2) is 0 Å². The predicted octanol–water partition coefficient (Wildman–Crippen LogP) is 1.42. The first-order valence-electron chi connectivity index (χ1n) is 10.5. The summed E-state index contributed by atoms with van der Waals surface area (Å²) in [6.07, 6.45) is 0.473. The number of hydrogen-bond acceptors (Lipinski definition) is 5. The molecule has 3 aliphatic rings.